The summed E-state index contributed by atoms with van der Waals surface area (Å²) in [5.74, 6) is 0.773. The highest BCUT2D eigenvalue weighted by atomic mass is 32.1. The molecule has 2 aromatic rings. The average Bonchev–Trinajstić information content (AvgIpc) is 2.92. The van der Waals surface area contributed by atoms with Crippen molar-refractivity contribution in [1.82, 2.24) is 5.32 Å². The molecule has 0 saturated heterocycles. The molecular weight excluding hydrogens is 246 g/mol. The summed E-state index contributed by atoms with van der Waals surface area (Å²) in [7, 11) is 1.64. The molecule has 0 aliphatic carbocycles. The molecule has 0 aliphatic rings. The molecule has 0 saturated carbocycles. The van der Waals surface area contributed by atoms with E-state index >= 15 is 0 Å². The van der Waals surface area contributed by atoms with E-state index in [4.69, 9.17) is 4.74 Å². The van der Waals surface area contributed by atoms with Crippen molar-refractivity contribution in [2.45, 2.75) is 13.0 Å². The molecule has 3 nitrogen and oxygen atoms in total. The van der Waals surface area contributed by atoms with Crippen molar-refractivity contribution in [1.29, 1.82) is 0 Å². The van der Waals surface area contributed by atoms with Gasteiger partial charge in [0.15, 0.2) is 0 Å². The quantitative estimate of drug-likeness (QED) is 0.917. The lowest BCUT2D eigenvalue weighted by Gasteiger charge is -2.14. The van der Waals surface area contributed by atoms with E-state index in [0.717, 1.165) is 11.3 Å². The smallest absolute Gasteiger partial charge is 0.252 e. The van der Waals surface area contributed by atoms with E-state index in [1.807, 2.05) is 48.0 Å². The second-order valence-corrected chi connectivity index (χ2v) is 4.76. The van der Waals surface area contributed by atoms with Crippen LogP contribution in [0.5, 0.6) is 5.75 Å². The number of carbonyl (C=O) groups is 1. The van der Waals surface area contributed by atoms with Crippen LogP contribution in [-0.4, -0.2) is 13.0 Å². The van der Waals surface area contributed by atoms with Gasteiger partial charge in [-0.3, -0.25) is 4.79 Å². The standard InChI is InChI=1S/C14H15NO2S/c1-10(11-3-5-13(17-2)6-4-11)15-14(16)12-7-8-18-9-12/h3-10H,1-2H3,(H,15,16)/t10-/m0/s1. The van der Waals surface area contributed by atoms with Gasteiger partial charge in [0.05, 0.1) is 18.7 Å². The zero-order chi connectivity index (χ0) is 13.0. The molecule has 1 atom stereocenters. The second-order valence-electron chi connectivity index (χ2n) is 3.98. The van der Waals surface area contributed by atoms with Crippen LogP contribution in [0.4, 0.5) is 0 Å². The number of hydrogen-bond acceptors (Lipinski definition) is 3. The van der Waals surface area contributed by atoms with E-state index in [1.54, 1.807) is 7.11 Å². The Balaban J connectivity index is 2.02. The van der Waals surface area contributed by atoms with Gasteiger partial charge in [-0.25, -0.2) is 0 Å². The molecule has 0 spiro atoms. The summed E-state index contributed by atoms with van der Waals surface area (Å²) in [4.78, 5) is 11.9. The van der Waals surface area contributed by atoms with Crippen molar-refractivity contribution in [3.63, 3.8) is 0 Å². The number of amides is 1. The maximum atomic E-state index is 11.9. The van der Waals surface area contributed by atoms with Gasteiger partial charge in [0.1, 0.15) is 5.75 Å². The Kier molecular flexibility index (Phi) is 3.99. The lowest BCUT2D eigenvalue weighted by Crippen LogP contribution is -2.26. The lowest BCUT2D eigenvalue weighted by atomic mass is 10.1. The number of thiophene rings is 1. The first kappa shape index (κ1) is 12.6. The van der Waals surface area contributed by atoms with Crippen molar-refractivity contribution in [3.8, 4) is 5.75 Å². The van der Waals surface area contributed by atoms with Crippen molar-refractivity contribution in [3.05, 3.63) is 52.2 Å². The first-order chi connectivity index (χ1) is 8.70. The number of carbonyl (C=O) groups excluding carboxylic acids is 1. The lowest BCUT2D eigenvalue weighted by molar-refractivity contribution is 0.0940. The summed E-state index contributed by atoms with van der Waals surface area (Å²) in [5, 5.41) is 6.70. The van der Waals surface area contributed by atoms with Crippen LogP contribution in [0.15, 0.2) is 41.1 Å². The van der Waals surface area contributed by atoms with Gasteiger partial charge in [0, 0.05) is 5.38 Å². The number of methoxy groups -OCH3 is 1. The van der Waals surface area contributed by atoms with E-state index < -0.39 is 0 Å². The van der Waals surface area contributed by atoms with Crippen LogP contribution in [0.25, 0.3) is 0 Å². The molecule has 0 bridgehead atoms. The molecule has 1 aromatic heterocycles. The predicted octanol–water partition coefficient (Wildman–Crippen LogP) is 3.25. The van der Waals surface area contributed by atoms with Crippen LogP contribution in [-0.2, 0) is 0 Å². The predicted molar refractivity (Wildman–Crippen MR) is 73.2 cm³/mol. The maximum absolute atomic E-state index is 11.9. The van der Waals surface area contributed by atoms with Gasteiger partial charge in [0.2, 0.25) is 0 Å². The molecular formula is C14H15NO2S. The zero-order valence-corrected chi connectivity index (χ0v) is 11.2. The molecule has 0 fully saturated rings. The maximum Gasteiger partial charge on any atom is 0.252 e. The van der Waals surface area contributed by atoms with Crippen LogP contribution in [0.2, 0.25) is 0 Å². The number of ether oxygens (including phenoxy) is 1. The summed E-state index contributed by atoms with van der Waals surface area (Å²) in [6.45, 7) is 1.96. The monoisotopic (exact) mass is 261 g/mol. The molecule has 0 unspecified atom stereocenters. The van der Waals surface area contributed by atoms with Crippen molar-refractivity contribution in [2.75, 3.05) is 7.11 Å². The summed E-state index contributed by atoms with van der Waals surface area (Å²) < 4.78 is 5.10. The van der Waals surface area contributed by atoms with Crippen molar-refractivity contribution >= 4 is 17.2 Å². The second kappa shape index (κ2) is 5.69. The van der Waals surface area contributed by atoms with Gasteiger partial charge in [-0.15, -0.1) is 0 Å². The number of hydrogen-bond donors (Lipinski definition) is 1. The average molecular weight is 261 g/mol. The molecule has 94 valence electrons. The topological polar surface area (TPSA) is 38.3 Å². The normalized spacial score (nSPS) is 11.9. The van der Waals surface area contributed by atoms with Crippen molar-refractivity contribution in [2.24, 2.45) is 0 Å². The fourth-order valence-corrected chi connectivity index (χ4v) is 2.29. The first-order valence-corrected chi connectivity index (χ1v) is 6.62. The molecule has 2 rings (SSSR count). The minimum Gasteiger partial charge on any atom is -0.497 e. The van der Waals surface area contributed by atoms with Crippen LogP contribution in [0.1, 0.15) is 28.9 Å². The zero-order valence-electron chi connectivity index (χ0n) is 10.3. The molecule has 0 aliphatic heterocycles. The van der Waals surface area contributed by atoms with Gasteiger partial charge in [-0.2, -0.15) is 11.3 Å². The summed E-state index contributed by atoms with van der Waals surface area (Å²) >= 11 is 1.52. The van der Waals surface area contributed by atoms with Crippen LogP contribution < -0.4 is 10.1 Å². The molecule has 1 amide bonds. The Morgan fingerprint density at radius 2 is 2.00 bits per heavy atom. The Bertz CT molecular complexity index is 505. The van der Waals surface area contributed by atoms with Gasteiger partial charge in [0.25, 0.3) is 5.91 Å². The van der Waals surface area contributed by atoms with Gasteiger partial charge < -0.3 is 10.1 Å². The van der Waals surface area contributed by atoms with Gasteiger partial charge >= 0.3 is 0 Å². The number of benzene rings is 1. The third kappa shape index (κ3) is 2.90. The summed E-state index contributed by atoms with van der Waals surface area (Å²) in [5.41, 5.74) is 1.76. The fraction of sp³-hybridized carbons (Fsp3) is 0.214. The van der Waals surface area contributed by atoms with E-state index in [1.165, 1.54) is 11.3 Å². The Labute approximate surface area is 110 Å². The molecule has 1 aromatic carbocycles. The molecule has 4 heteroatoms. The highest BCUT2D eigenvalue weighted by molar-refractivity contribution is 7.08. The van der Waals surface area contributed by atoms with Crippen LogP contribution in [0, 0.1) is 0 Å². The fourth-order valence-electron chi connectivity index (χ4n) is 1.65. The molecule has 1 heterocycles. The molecule has 1 N–H and O–H groups in total. The highest BCUT2D eigenvalue weighted by Crippen LogP contribution is 2.18. The van der Waals surface area contributed by atoms with E-state index in [2.05, 4.69) is 5.32 Å². The van der Waals surface area contributed by atoms with E-state index in [0.29, 0.717) is 5.56 Å². The number of nitrogens with one attached hydrogen (secondary N) is 1. The van der Waals surface area contributed by atoms with E-state index in [9.17, 15) is 4.79 Å². The van der Waals surface area contributed by atoms with Crippen molar-refractivity contribution < 1.29 is 9.53 Å². The Morgan fingerprint density at radius 3 is 2.56 bits per heavy atom. The van der Waals surface area contributed by atoms with Crippen LogP contribution in [0.3, 0.4) is 0 Å². The molecule has 18 heavy (non-hydrogen) atoms. The third-order valence-corrected chi connectivity index (χ3v) is 3.43. The Morgan fingerprint density at radius 1 is 1.28 bits per heavy atom. The summed E-state index contributed by atoms with van der Waals surface area (Å²) in [6.07, 6.45) is 0. The number of rotatable bonds is 4. The Hall–Kier alpha value is -1.81. The third-order valence-electron chi connectivity index (χ3n) is 2.75. The minimum atomic E-state index is -0.0421. The van der Waals surface area contributed by atoms with E-state index in [-0.39, 0.29) is 11.9 Å². The van der Waals surface area contributed by atoms with Gasteiger partial charge in [-0.05, 0) is 36.1 Å². The SMILES string of the molecule is COc1ccc([C@H](C)NC(=O)c2ccsc2)cc1. The largest absolute Gasteiger partial charge is 0.497 e. The minimum absolute atomic E-state index is 0.0247. The molecule has 0 radical (unpaired) electrons. The van der Waals surface area contributed by atoms with Gasteiger partial charge in [-0.1, -0.05) is 12.1 Å². The highest BCUT2D eigenvalue weighted by Gasteiger charge is 2.11. The first-order valence-electron chi connectivity index (χ1n) is 5.67. The summed E-state index contributed by atoms with van der Waals surface area (Å²) in [6, 6.07) is 9.49. The van der Waals surface area contributed by atoms with Crippen LogP contribution >= 0.6 is 11.3 Å².